The van der Waals surface area contributed by atoms with Gasteiger partial charge in [-0.15, -0.1) is 0 Å². The lowest BCUT2D eigenvalue weighted by molar-refractivity contribution is -0.137. The van der Waals surface area contributed by atoms with E-state index in [4.69, 9.17) is 5.11 Å². The normalized spacial score (nSPS) is 20.4. The van der Waals surface area contributed by atoms with E-state index in [-0.39, 0.29) is 12.6 Å². The number of hydrogen-bond acceptors (Lipinski definition) is 3. The van der Waals surface area contributed by atoms with Crippen LogP contribution in [0.3, 0.4) is 0 Å². The first kappa shape index (κ1) is 15.8. The summed E-state index contributed by atoms with van der Waals surface area (Å²) in [5.41, 5.74) is 0. The number of carboxylic acid groups (broad SMARTS) is 1. The molecule has 0 bridgehead atoms. The number of aliphatic carboxylic acids is 1. The predicted octanol–water partition coefficient (Wildman–Crippen LogP) is 0.929. The van der Waals surface area contributed by atoms with Crippen molar-refractivity contribution < 1.29 is 14.7 Å². The van der Waals surface area contributed by atoms with Crippen molar-refractivity contribution in [1.82, 2.24) is 14.7 Å². The van der Waals surface area contributed by atoms with Gasteiger partial charge in [-0.2, -0.15) is 0 Å². The smallest absolute Gasteiger partial charge is 0.323 e. The van der Waals surface area contributed by atoms with E-state index in [2.05, 4.69) is 18.7 Å². The first-order valence-corrected chi connectivity index (χ1v) is 6.99. The van der Waals surface area contributed by atoms with Crippen LogP contribution >= 0.6 is 0 Å². The fraction of sp³-hybridized carbons (Fsp3) is 0.846. The molecule has 0 aromatic heterocycles. The maximum Gasteiger partial charge on any atom is 0.323 e. The number of hydrogen-bond donors (Lipinski definition) is 1. The minimum atomic E-state index is -0.956. The number of likely N-dealkylation sites (N-methyl/N-ethyl adjacent to an activating group) is 1. The second-order valence-corrected chi connectivity index (χ2v) is 5.02. The molecule has 0 aromatic carbocycles. The summed E-state index contributed by atoms with van der Waals surface area (Å²) in [4.78, 5) is 28.7. The molecule has 2 amide bonds. The Balaban J connectivity index is 2.62. The topological polar surface area (TPSA) is 64.1 Å². The molecule has 110 valence electrons. The highest BCUT2D eigenvalue weighted by Gasteiger charge is 2.28. The summed E-state index contributed by atoms with van der Waals surface area (Å²) in [5, 5.41) is 8.87. The molecular weight excluding hydrogens is 246 g/mol. The molecule has 1 aliphatic heterocycles. The third kappa shape index (κ3) is 4.38. The van der Waals surface area contributed by atoms with Crippen LogP contribution in [0, 0.1) is 0 Å². The van der Waals surface area contributed by atoms with Gasteiger partial charge in [0.25, 0.3) is 0 Å². The maximum atomic E-state index is 12.3. The van der Waals surface area contributed by atoms with Crippen LogP contribution in [-0.2, 0) is 4.79 Å². The first-order chi connectivity index (χ1) is 8.99. The average molecular weight is 271 g/mol. The number of amides is 2. The first-order valence-electron chi connectivity index (χ1n) is 6.99. The second-order valence-electron chi connectivity index (χ2n) is 5.02. The van der Waals surface area contributed by atoms with Gasteiger partial charge in [-0.05, 0) is 19.9 Å². The summed E-state index contributed by atoms with van der Waals surface area (Å²) in [7, 11) is 0. The van der Waals surface area contributed by atoms with Gasteiger partial charge in [-0.25, -0.2) is 4.79 Å². The maximum absolute atomic E-state index is 12.3. The van der Waals surface area contributed by atoms with Crippen molar-refractivity contribution in [1.29, 1.82) is 0 Å². The van der Waals surface area contributed by atoms with Gasteiger partial charge in [0.2, 0.25) is 0 Å². The largest absolute Gasteiger partial charge is 0.480 e. The van der Waals surface area contributed by atoms with Crippen LogP contribution in [0.4, 0.5) is 4.79 Å². The Bertz CT molecular complexity index is 322. The minimum Gasteiger partial charge on any atom is -0.480 e. The molecule has 1 heterocycles. The SMILES string of the molecule is CCCN(CC(=O)O)C(=O)N1CCN(CC)C(C)C1. The Kier molecular flexibility index (Phi) is 6.08. The molecule has 0 saturated carbocycles. The lowest BCUT2D eigenvalue weighted by Crippen LogP contribution is -2.56. The van der Waals surface area contributed by atoms with Gasteiger partial charge in [0.05, 0.1) is 0 Å². The molecule has 0 aromatic rings. The fourth-order valence-corrected chi connectivity index (χ4v) is 2.51. The Morgan fingerprint density at radius 1 is 1.32 bits per heavy atom. The van der Waals surface area contributed by atoms with E-state index in [0.717, 1.165) is 19.5 Å². The van der Waals surface area contributed by atoms with Crippen LogP contribution < -0.4 is 0 Å². The predicted molar refractivity (Wildman–Crippen MR) is 73.2 cm³/mol. The third-order valence-electron chi connectivity index (χ3n) is 3.53. The molecule has 1 N–H and O–H groups in total. The summed E-state index contributed by atoms with van der Waals surface area (Å²) >= 11 is 0. The molecule has 1 unspecified atom stereocenters. The molecule has 1 saturated heterocycles. The van der Waals surface area contributed by atoms with E-state index in [1.54, 1.807) is 4.90 Å². The van der Waals surface area contributed by atoms with Gasteiger partial charge in [0.15, 0.2) is 0 Å². The van der Waals surface area contributed by atoms with Gasteiger partial charge >= 0.3 is 12.0 Å². The molecule has 1 fully saturated rings. The molecule has 6 nitrogen and oxygen atoms in total. The molecule has 1 atom stereocenters. The Hall–Kier alpha value is -1.30. The zero-order valence-corrected chi connectivity index (χ0v) is 12.1. The van der Waals surface area contributed by atoms with E-state index >= 15 is 0 Å². The van der Waals surface area contributed by atoms with Crippen LogP contribution in [0.25, 0.3) is 0 Å². The lowest BCUT2D eigenvalue weighted by Gasteiger charge is -2.41. The standard InChI is InChI=1S/C13H25N3O3/c1-4-6-15(10-12(17)18)13(19)16-8-7-14(5-2)11(3)9-16/h11H,4-10H2,1-3H3,(H,17,18). The van der Waals surface area contributed by atoms with E-state index in [1.807, 2.05) is 6.92 Å². The number of urea groups is 1. The molecular formula is C13H25N3O3. The van der Waals surface area contributed by atoms with Gasteiger partial charge < -0.3 is 14.9 Å². The highest BCUT2D eigenvalue weighted by atomic mass is 16.4. The fourth-order valence-electron chi connectivity index (χ4n) is 2.51. The second kappa shape index (κ2) is 7.33. The highest BCUT2D eigenvalue weighted by molar-refractivity contribution is 5.80. The number of carbonyl (C=O) groups is 2. The van der Waals surface area contributed by atoms with Crippen molar-refractivity contribution in [3.05, 3.63) is 0 Å². The van der Waals surface area contributed by atoms with Crippen molar-refractivity contribution >= 4 is 12.0 Å². The number of carboxylic acids is 1. The summed E-state index contributed by atoms with van der Waals surface area (Å²) in [5.74, 6) is -0.956. The van der Waals surface area contributed by atoms with Crippen molar-refractivity contribution in [3.63, 3.8) is 0 Å². The molecule has 1 aliphatic rings. The zero-order chi connectivity index (χ0) is 14.4. The zero-order valence-electron chi connectivity index (χ0n) is 12.1. The van der Waals surface area contributed by atoms with Gasteiger partial charge in [-0.3, -0.25) is 9.69 Å². The van der Waals surface area contributed by atoms with Crippen molar-refractivity contribution in [2.45, 2.75) is 33.2 Å². The van der Waals surface area contributed by atoms with Gasteiger partial charge in [0.1, 0.15) is 6.54 Å². The average Bonchev–Trinajstić information content (AvgIpc) is 2.36. The minimum absolute atomic E-state index is 0.146. The molecule has 1 rings (SSSR count). The van der Waals surface area contributed by atoms with Gasteiger partial charge in [0, 0.05) is 32.2 Å². The third-order valence-corrected chi connectivity index (χ3v) is 3.53. The lowest BCUT2D eigenvalue weighted by atomic mass is 10.2. The number of rotatable bonds is 5. The molecule has 0 spiro atoms. The number of carbonyl (C=O) groups excluding carboxylic acids is 1. The Morgan fingerprint density at radius 3 is 2.47 bits per heavy atom. The number of nitrogens with zero attached hydrogens (tertiary/aromatic N) is 3. The van der Waals surface area contributed by atoms with Crippen molar-refractivity contribution in [2.75, 3.05) is 39.3 Å². The van der Waals surface area contributed by atoms with Crippen LogP contribution in [0.1, 0.15) is 27.2 Å². The summed E-state index contributed by atoms with van der Waals surface area (Å²) in [6.07, 6.45) is 0.767. The van der Waals surface area contributed by atoms with Crippen molar-refractivity contribution in [2.24, 2.45) is 0 Å². The highest BCUT2D eigenvalue weighted by Crippen LogP contribution is 2.11. The number of piperazine rings is 1. The molecule has 19 heavy (non-hydrogen) atoms. The van der Waals surface area contributed by atoms with Crippen molar-refractivity contribution in [3.8, 4) is 0 Å². The van der Waals surface area contributed by atoms with Crippen LogP contribution in [0.5, 0.6) is 0 Å². The van der Waals surface area contributed by atoms with Gasteiger partial charge in [-0.1, -0.05) is 13.8 Å². The summed E-state index contributed by atoms with van der Waals surface area (Å²) < 4.78 is 0. The molecule has 6 heteroatoms. The van der Waals surface area contributed by atoms with E-state index in [0.29, 0.717) is 25.7 Å². The van der Waals surface area contributed by atoms with E-state index < -0.39 is 5.97 Å². The summed E-state index contributed by atoms with van der Waals surface area (Å²) in [6.45, 7) is 9.63. The van der Waals surface area contributed by atoms with Crippen LogP contribution in [-0.4, -0.2) is 77.1 Å². The van der Waals surface area contributed by atoms with Crippen LogP contribution in [0.15, 0.2) is 0 Å². The molecule has 0 radical (unpaired) electrons. The quantitative estimate of drug-likeness (QED) is 0.808. The Labute approximate surface area is 115 Å². The van der Waals surface area contributed by atoms with E-state index in [1.165, 1.54) is 4.90 Å². The van der Waals surface area contributed by atoms with E-state index in [9.17, 15) is 9.59 Å². The monoisotopic (exact) mass is 271 g/mol. The van der Waals surface area contributed by atoms with Crippen LogP contribution in [0.2, 0.25) is 0 Å². The summed E-state index contributed by atoms with van der Waals surface area (Å²) in [6, 6.07) is 0.183. The molecule has 0 aliphatic carbocycles. The Morgan fingerprint density at radius 2 is 2.00 bits per heavy atom.